The molecule has 1 aliphatic heterocycles. The van der Waals surface area contributed by atoms with Crippen molar-refractivity contribution < 1.29 is 0 Å². The van der Waals surface area contributed by atoms with Crippen LogP contribution in [0.25, 0.3) is 22.3 Å². The van der Waals surface area contributed by atoms with Crippen LogP contribution in [0.1, 0.15) is 120 Å². The van der Waals surface area contributed by atoms with Crippen molar-refractivity contribution in [1.82, 2.24) is 0 Å². The summed E-state index contributed by atoms with van der Waals surface area (Å²) in [5, 5.41) is 0. The van der Waals surface area contributed by atoms with Gasteiger partial charge < -0.3 is 4.90 Å². The Morgan fingerprint density at radius 2 is 1.03 bits per heavy atom. The fraction of sp³-hybridized carbons (Fsp3) is 0.368. The summed E-state index contributed by atoms with van der Waals surface area (Å²) in [5.41, 5.74) is 18.7. The molecule has 6 aliphatic carbocycles. The first-order chi connectivity index (χ1) is 28.4. The van der Waals surface area contributed by atoms with Gasteiger partial charge in [-0.15, -0.1) is 0 Å². The molecule has 4 saturated carbocycles. The van der Waals surface area contributed by atoms with Crippen LogP contribution in [0.2, 0.25) is 0 Å². The molecule has 4 fully saturated rings. The van der Waals surface area contributed by atoms with Crippen molar-refractivity contribution in [3.63, 3.8) is 0 Å². The van der Waals surface area contributed by atoms with Gasteiger partial charge in [-0.2, -0.15) is 0 Å². The van der Waals surface area contributed by atoms with E-state index < -0.39 is 0 Å². The second-order valence-electron chi connectivity index (χ2n) is 21.2. The lowest BCUT2D eigenvalue weighted by Gasteiger charge is -2.63. The van der Waals surface area contributed by atoms with Crippen molar-refractivity contribution in [2.24, 2.45) is 23.7 Å². The molecule has 0 N–H and O–H groups in total. The molecule has 0 radical (unpaired) electrons. The van der Waals surface area contributed by atoms with Gasteiger partial charge in [-0.25, -0.2) is 0 Å². The Labute approximate surface area is 356 Å². The molecule has 0 unspecified atom stereocenters. The standard InChI is InChI=1S/C57H57NS/c1-54(2)25-26-55(3,4)49-33-41(20-23-47(49)54)58(40-19-22-45-44-15-10-11-17-46(44)56(5,6)48(45)32-40)42-21-24-51-50(34-42)57(38-28-35-27-36(30-38)31-39(57)29-35)53-43(16-12-18-52(53)59-51)37-13-8-7-9-14-37/h7-24,32-36,38-39H,25-31H2,1-6H3. The molecule has 0 amide bonds. The zero-order chi connectivity index (χ0) is 40.1. The normalized spacial score (nSPS) is 26.7. The Hall–Kier alpha value is -4.53. The fourth-order valence-corrected chi connectivity index (χ4v) is 15.2. The summed E-state index contributed by atoms with van der Waals surface area (Å²) in [7, 11) is 0. The van der Waals surface area contributed by atoms with Gasteiger partial charge in [0.15, 0.2) is 0 Å². The maximum absolute atomic E-state index is 2.71. The van der Waals surface area contributed by atoms with Gasteiger partial charge in [-0.05, 0) is 184 Å². The van der Waals surface area contributed by atoms with Gasteiger partial charge in [-0.3, -0.25) is 0 Å². The van der Waals surface area contributed by atoms with Gasteiger partial charge in [-0.1, -0.05) is 132 Å². The first-order valence-electron chi connectivity index (χ1n) is 22.6. The highest BCUT2D eigenvalue weighted by molar-refractivity contribution is 7.99. The minimum Gasteiger partial charge on any atom is -0.310 e. The average Bonchev–Trinajstić information content (AvgIpc) is 3.46. The Morgan fingerprint density at radius 1 is 0.458 bits per heavy atom. The second-order valence-corrected chi connectivity index (χ2v) is 22.3. The van der Waals surface area contributed by atoms with Crippen molar-refractivity contribution in [2.75, 3.05) is 4.90 Å². The van der Waals surface area contributed by atoms with E-state index in [0.717, 1.165) is 11.8 Å². The molecule has 4 bridgehead atoms. The largest absolute Gasteiger partial charge is 0.310 e. The fourth-order valence-electron chi connectivity index (χ4n) is 14.0. The summed E-state index contributed by atoms with van der Waals surface area (Å²) in [6.45, 7) is 14.7. The van der Waals surface area contributed by atoms with E-state index in [1.165, 1.54) is 116 Å². The lowest BCUT2D eigenvalue weighted by molar-refractivity contribution is -0.0441. The lowest BCUT2D eigenvalue weighted by atomic mass is 9.41. The molecule has 296 valence electrons. The van der Waals surface area contributed by atoms with E-state index in [-0.39, 0.29) is 21.7 Å². The topological polar surface area (TPSA) is 3.24 Å². The highest BCUT2D eigenvalue weighted by atomic mass is 32.2. The van der Waals surface area contributed by atoms with E-state index >= 15 is 0 Å². The van der Waals surface area contributed by atoms with Crippen LogP contribution in [-0.2, 0) is 21.7 Å². The van der Waals surface area contributed by atoms with E-state index in [0.29, 0.717) is 11.8 Å². The van der Waals surface area contributed by atoms with Crippen molar-refractivity contribution >= 4 is 28.8 Å². The minimum atomic E-state index is -0.0794. The van der Waals surface area contributed by atoms with Gasteiger partial charge in [0.1, 0.15) is 0 Å². The van der Waals surface area contributed by atoms with Gasteiger partial charge in [0.25, 0.3) is 0 Å². The molecule has 6 aromatic rings. The van der Waals surface area contributed by atoms with Crippen LogP contribution in [0.4, 0.5) is 17.1 Å². The summed E-state index contributed by atoms with van der Waals surface area (Å²) >= 11 is 2.03. The van der Waals surface area contributed by atoms with Crippen LogP contribution in [0.3, 0.4) is 0 Å². The molecule has 2 heteroatoms. The number of hydrogen-bond donors (Lipinski definition) is 0. The smallest absolute Gasteiger partial charge is 0.0465 e. The summed E-state index contributed by atoms with van der Waals surface area (Å²) in [6, 6.07) is 50.2. The van der Waals surface area contributed by atoms with Gasteiger partial charge in [0.05, 0.1) is 0 Å². The Kier molecular flexibility index (Phi) is 7.70. The maximum atomic E-state index is 2.71. The summed E-state index contributed by atoms with van der Waals surface area (Å²) in [5.74, 6) is 3.10. The third-order valence-electron chi connectivity index (χ3n) is 16.8. The van der Waals surface area contributed by atoms with E-state index in [9.17, 15) is 0 Å². The van der Waals surface area contributed by atoms with E-state index in [4.69, 9.17) is 0 Å². The zero-order valence-corrected chi connectivity index (χ0v) is 36.6. The molecule has 1 spiro atoms. The van der Waals surface area contributed by atoms with Crippen molar-refractivity contribution in [3.05, 3.63) is 161 Å². The number of fused-ring (bicyclic) bond motifs is 6. The van der Waals surface area contributed by atoms with Crippen molar-refractivity contribution in [2.45, 2.75) is 118 Å². The van der Waals surface area contributed by atoms with Gasteiger partial charge in [0.2, 0.25) is 0 Å². The molecule has 7 aliphatic rings. The molecule has 13 rings (SSSR count). The Morgan fingerprint density at radius 3 is 1.76 bits per heavy atom. The van der Waals surface area contributed by atoms with Crippen molar-refractivity contribution in [3.8, 4) is 22.3 Å². The van der Waals surface area contributed by atoms with Crippen LogP contribution in [0.5, 0.6) is 0 Å². The van der Waals surface area contributed by atoms with Gasteiger partial charge in [0, 0.05) is 37.7 Å². The van der Waals surface area contributed by atoms with Crippen LogP contribution >= 0.6 is 11.8 Å². The monoisotopic (exact) mass is 787 g/mol. The van der Waals surface area contributed by atoms with Crippen LogP contribution in [0.15, 0.2) is 137 Å². The second kappa shape index (κ2) is 12.5. The quantitative estimate of drug-likeness (QED) is 0.175. The molecule has 1 nitrogen and oxygen atoms in total. The molecular formula is C57H57NS. The van der Waals surface area contributed by atoms with Crippen LogP contribution < -0.4 is 4.90 Å². The number of nitrogens with zero attached hydrogens (tertiary/aromatic N) is 1. The highest BCUT2D eigenvalue weighted by Crippen LogP contribution is 2.70. The molecule has 0 aromatic heterocycles. The third kappa shape index (κ3) is 5.11. The first-order valence-corrected chi connectivity index (χ1v) is 23.5. The predicted octanol–water partition coefficient (Wildman–Crippen LogP) is 15.7. The average molecular weight is 788 g/mol. The number of benzene rings is 6. The maximum Gasteiger partial charge on any atom is 0.0465 e. The predicted molar refractivity (Wildman–Crippen MR) is 248 cm³/mol. The molecule has 59 heavy (non-hydrogen) atoms. The van der Waals surface area contributed by atoms with Crippen molar-refractivity contribution in [1.29, 1.82) is 0 Å². The molecule has 1 heterocycles. The summed E-state index contributed by atoms with van der Waals surface area (Å²) < 4.78 is 0. The third-order valence-corrected chi connectivity index (χ3v) is 17.9. The number of hydrogen-bond acceptors (Lipinski definition) is 2. The minimum absolute atomic E-state index is 0.000882. The number of rotatable bonds is 4. The Bertz CT molecular complexity index is 2670. The number of anilines is 3. The molecule has 6 aromatic carbocycles. The highest BCUT2D eigenvalue weighted by Gasteiger charge is 2.61. The molecule has 0 atom stereocenters. The van der Waals surface area contributed by atoms with Gasteiger partial charge >= 0.3 is 0 Å². The van der Waals surface area contributed by atoms with E-state index in [1.807, 2.05) is 11.8 Å². The zero-order valence-electron chi connectivity index (χ0n) is 35.7. The lowest BCUT2D eigenvalue weighted by Crippen LogP contribution is -2.57. The SMILES string of the molecule is CC1(C)CCC(C)(C)c2cc(N(c3ccc4c(c3)C(C)(C)c3ccccc3-4)c3ccc4c(c3)C3(c5c(cccc5-c5ccccc5)S4)C4CC5CC(C4)CC3C5)ccc21. The Balaban J connectivity index is 1.10. The van der Waals surface area contributed by atoms with Crippen LogP contribution in [-0.4, -0.2) is 0 Å². The van der Waals surface area contributed by atoms with Crippen LogP contribution in [0, 0.1) is 23.7 Å². The summed E-state index contributed by atoms with van der Waals surface area (Å²) in [6.07, 6.45) is 9.34. The molecular weight excluding hydrogens is 731 g/mol. The van der Waals surface area contributed by atoms with E-state index in [2.05, 4.69) is 174 Å². The first kappa shape index (κ1) is 36.3. The summed E-state index contributed by atoms with van der Waals surface area (Å²) in [4.78, 5) is 5.60. The van der Waals surface area contributed by atoms with E-state index in [1.54, 1.807) is 11.1 Å². The molecule has 0 saturated heterocycles.